The Balaban J connectivity index is 1.69. The summed E-state index contributed by atoms with van der Waals surface area (Å²) in [4.78, 5) is 28.5. The van der Waals surface area contributed by atoms with Crippen molar-refractivity contribution in [3.05, 3.63) is 47.9 Å². The van der Waals surface area contributed by atoms with Crippen molar-refractivity contribution in [1.82, 2.24) is 9.55 Å². The number of nitrogens with one attached hydrogen (secondary N) is 1. The van der Waals surface area contributed by atoms with E-state index in [0.29, 0.717) is 17.5 Å². The van der Waals surface area contributed by atoms with Gasteiger partial charge in [-0.05, 0) is 22.9 Å². The molecule has 29 heavy (non-hydrogen) atoms. The highest BCUT2D eigenvalue weighted by molar-refractivity contribution is 6.04. The molecule has 0 saturated heterocycles. The van der Waals surface area contributed by atoms with Gasteiger partial charge in [0.15, 0.2) is 5.82 Å². The molecule has 1 aliphatic rings. The van der Waals surface area contributed by atoms with Crippen LogP contribution in [-0.4, -0.2) is 26.5 Å². The lowest BCUT2D eigenvalue weighted by atomic mass is 10.0. The largest absolute Gasteiger partial charge is 0.480 e. The van der Waals surface area contributed by atoms with Crippen LogP contribution in [0.4, 0.5) is 5.82 Å². The molecule has 1 aromatic heterocycles. The van der Waals surface area contributed by atoms with Crippen molar-refractivity contribution < 1.29 is 14.7 Å². The van der Waals surface area contributed by atoms with E-state index in [0.717, 1.165) is 25.7 Å². The van der Waals surface area contributed by atoms with Gasteiger partial charge in [-0.25, -0.2) is 9.78 Å². The SMILES string of the molecule is CCCCCCC(C(=O)O)n1cnc(NC(=O)c2ccccc2C2N=NN=N2)c1. The molecule has 10 heteroatoms. The summed E-state index contributed by atoms with van der Waals surface area (Å²) in [6.07, 6.45) is 6.82. The number of hydrogen-bond acceptors (Lipinski definition) is 7. The van der Waals surface area contributed by atoms with Crippen LogP contribution in [-0.2, 0) is 4.79 Å². The molecule has 0 radical (unpaired) electrons. The number of aliphatic carboxylic acids is 1. The fourth-order valence-electron chi connectivity index (χ4n) is 3.14. The van der Waals surface area contributed by atoms with Crippen molar-refractivity contribution in [2.75, 3.05) is 5.32 Å². The second-order valence-corrected chi connectivity index (χ2v) is 6.73. The molecular weight excluding hydrogens is 374 g/mol. The summed E-state index contributed by atoms with van der Waals surface area (Å²) >= 11 is 0. The monoisotopic (exact) mass is 397 g/mol. The Morgan fingerprint density at radius 1 is 1.17 bits per heavy atom. The molecular formula is C19H23N7O3. The Labute approximate surface area is 167 Å². The van der Waals surface area contributed by atoms with E-state index in [1.165, 1.54) is 17.1 Å². The van der Waals surface area contributed by atoms with Gasteiger partial charge >= 0.3 is 5.97 Å². The number of aromatic nitrogens is 2. The number of rotatable bonds is 10. The van der Waals surface area contributed by atoms with Gasteiger partial charge < -0.3 is 15.0 Å². The van der Waals surface area contributed by atoms with Crippen LogP contribution < -0.4 is 5.32 Å². The van der Waals surface area contributed by atoms with Gasteiger partial charge in [-0.15, -0.1) is 10.2 Å². The van der Waals surface area contributed by atoms with Gasteiger partial charge in [0.2, 0.25) is 6.17 Å². The molecule has 152 valence electrons. The molecule has 1 aromatic carbocycles. The number of benzene rings is 1. The number of anilines is 1. The number of carbonyl (C=O) groups excluding carboxylic acids is 1. The molecule has 1 aliphatic heterocycles. The summed E-state index contributed by atoms with van der Waals surface area (Å²) < 4.78 is 1.52. The molecule has 2 aromatic rings. The second kappa shape index (κ2) is 9.67. The lowest BCUT2D eigenvalue weighted by molar-refractivity contribution is -0.141. The number of nitrogens with zero attached hydrogens (tertiary/aromatic N) is 6. The van der Waals surface area contributed by atoms with Crippen molar-refractivity contribution >= 4 is 17.7 Å². The number of carboxylic acids is 1. The summed E-state index contributed by atoms with van der Waals surface area (Å²) in [6, 6.07) is 6.19. The van der Waals surface area contributed by atoms with Crippen LogP contribution in [0.2, 0.25) is 0 Å². The molecule has 2 N–H and O–H groups in total. The molecule has 10 nitrogen and oxygen atoms in total. The molecule has 0 aliphatic carbocycles. The smallest absolute Gasteiger partial charge is 0.326 e. The van der Waals surface area contributed by atoms with Gasteiger partial charge in [-0.2, -0.15) is 0 Å². The topological polar surface area (TPSA) is 134 Å². The minimum Gasteiger partial charge on any atom is -0.480 e. The van der Waals surface area contributed by atoms with E-state index in [-0.39, 0.29) is 5.82 Å². The summed E-state index contributed by atoms with van der Waals surface area (Å²) in [5.41, 5.74) is 0.954. The van der Waals surface area contributed by atoms with Gasteiger partial charge in [0.05, 0.1) is 6.33 Å². The Morgan fingerprint density at radius 3 is 2.66 bits per heavy atom. The van der Waals surface area contributed by atoms with E-state index in [1.807, 2.05) is 0 Å². The highest BCUT2D eigenvalue weighted by Gasteiger charge is 2.22. The number of unbranched alkanes of at least 4 members (excludes halogenated alkanes) is 3. The van der Waals surface area contributed by atoms with E-state index < -0.39 is 24.1 Å². The fourth-order valence-corrected chi connectivity index (χ4v) is 3.14. The first-order valence-electron chi connectivity index (χ1n) is 9.56. The molecule has 1 atom stereocenters. The Hall–Kier alpha value is -3.43. The van der Waals surface area contributed by atoms with Crippen LogP contribution in [0, 0.1) is 0 Å². The van der Waals surface area contributed by atoms with E-state index >= 15 is 0 Å². The van der Waals surface area contributed by atoms with Crippen molar-refractivity contribution in [2.45, 2.75) is 51.2 Å². The number of carboxylic acid groups (broad SMARTS) is 1. The molecule has 2 heterocycles. The average Bonchev–Trinajstić information content (AvgIpc) is 3.40. The molecule has 0 bridgehead atoms. The minimum absolute atomic E-state index is 0.277. The van der Waals surface area contributed by atoms with Crippen LogP contribution in [0.5, 0.6) is 0 Å². The van der Waals surface area contributed by atoms with Crippen LogP contribution in [0.25, 0.3) is 0 Å². The highest BCUT2D eigenvalue weighted by atomic mass is 16.4. The maximum Gasteiger partial charge on any atom is 0.326 e. The first-order chi connectivity index (χ1) is 14.1. The second-order valence-electron chi connectivity index (χ2n) is 6.73. The molecule has 0 spiro atoms. The number of amides is 1. The number of imidazole rings is 1. The molecule has 3 rings (SSSR count). The Bertz CT molecular complexity index is 910. The van der Waals surface area contributed by atoms with E-state index in [2.05, 4.69) is 37.9 Å². The van der Waals surface area contributed by atoms with Gasteiger partial charge in [-0.1, -0.05) is 50.8 Å². The maximum absolute atomic E-state index is 12.7. The quantitative estimate of drug-likeness (QED) is 0.568. The van der Waals surface area contributed by atoms with Crippen LogP contribution in [0.3, 0.4) is 0 Å². The third-order valence-corrected chi connectivity index (χ3v) is 4.66. The van der Waals surface area contributed by atoms with Crippen molar-refractivity contribution in [2.24, 2.45) is 20.7 Å². The minimum atomic E-state index is -0.918. The zero-order chi connectivity index (χ0) is 20.6. The normalized spacial score (nSPS) is 14.2. The van der Waals surface area contributed by atoms with E-state index in [1.54, 1.807) is 24.3 Å². The first kappa shape index (κ1) is 20.3. The third kappa shape index (κ3) is 5.09. The third-order valence-electron chi connectivity index (χ3n) is 4.66. The average molecular weight is 397 g/mol. The van der Waals surface area contributed by atoms with Crippen molar-refractivity contribution in [3.63, 3.8) is 0 Å². The zero-order valence-electron chi connectivity index (χ0n) is 16.1. The molecule has 0 saturated carbocycles. The van der Waals surface area contributed by atoms with Crippen LogP contribution in [0.1, 0.15) is 67.2 Å². The Kier molecular flexibility index (Phi) is 6.77. The van der Waals surface area contributed by atoms with Gasteiger partial charge in [-0.3, -0.25) is 4.79 Å². The zero-order valence-corrected chi connectivity index (χ0v) is 16.1. The maximum atomic E-state index is 12.7. The van der Waals surface area contributed by atoms with Crippen LogP contribution in [0.15, 0.2) is 57.5 Å². The van der Waals surface area contributed by atoms with Gasteiger partial charge in [0.25, 0.3) is 5.91 Å². The summed E-state index contributed by atoms with van der Waals surface area (Å²) in [5, 5.41) is 26.9. The standard InChI is InChI=1S/C19H23N7O3/c1-2-3-4-5-10-15(19(28)29)26-11-16(20-12-26)21-18(27)14-9-7-6-8-13(14)17-22-24-25-23-17/h6-9,11-12,15,17H,2-5,10H2,1H3,(H,21,27)(H,28,29). The van der Waals surface area contributed by atoms with Crippen molar-refractivity contribution in [1.29, 1.82) is 0 Å². The predicted octanol–water partition coefficient (Wildman–Crippen LogP) is 4.56. The molecule has 0 fully saturated rings. The fraction of sp³-hybridized carbons (Fsp3) is 0.421. The Morgan fingerprint density at radius 2 is 1.93 bits per heavy atom. The first-order valence-corrected chi connectivity index (χ1v) is 9.56. The lowest BCUT2D eigenvalue weighted by Gasteiger charge is -2.13. The predicted molar refractivity (Wildman–Crippen MR) is 105 cm³/mol. The summed E-state index contributed by atoms with van der Waals surface area (Å²) in [5.74, 6) is -1.03. The molecule has 1 unspecified atom stereocenters. The van der Waals surface area contributed by atoms with E-state index in [4.69, 9.17) is 0 Å². The summed E-state index contributed by atoms with van der Waals surface area (Å²) in [6.45, 7) is 2.11. The van der Waals surface area contributed by atoms with Crippen molar-refractivity contribution in [3.8, 4) is 0 Å². The lowest BCUT2D eigenvalue weighted by Crippen LogP contribution is -2.18. The number of carbonyl (C=O) groups is 2. The van der Waals surface area contributed by atoms with E-state index in [9.17, 15) is 14.7 Å². The number of hydrogen-bond donors (Lipinski definition) is 2. The van der Waals surface area contributed by atoms with Crippen LogP contribution >= 0.6 is 0 Å². The van der Waals surface area contributed by atoms with Gasteiger partial charge in [0.1, 0.15) is 6.04 Å². The summed E-state index contributed by atoms with van der Waals surface area (Å²) in [7, 11) is 0. The molecule has 1 amide bonds. The van der Waals surface area contributed by atoms with Gasteiger partial charge in [0, 0.05) is 17.3 Å². The highest BCUT2D eigenvalue weighted by Crippen LogP contribution is 2.27.